The van der Waals surface area contributed by atoms with Crippen molar-refractivity contribution in [3.05, 3.63) is 65.4 Å². The zero-order chi connectivity index (χ0) is 25.7. The van der Waals surface area contributed by atoms with Gasteiger partial charge >= 0.3 is 0 Å². The Balaban J connectivity index is 1.39. The number of ether oxygens (including phenoxy) is 3. The van der Waals surface area contributed by atoms with Gasteiger partial charge in [-0.2, -0.15) is 5.10 Å². The number of morpholine rings is 1. The van der Waals surface area contributed by atoms with E-state index in [2.05, 4.69) is 15.5 Å². The van der Waals surface area contributed by atoms with Gasteiger partial charge in [0, 0.05) is 24.2 Å². The number of aromatic nitrogens is 1. The topological polar surface area (TPSA) is 102 Å². The number of nitrogens with one attached hydrogen (secondary N) is 1. The molecule has 36 heavy (non-hydrogen) atoms. The molecular formula is C27H30N4O5. The first-order valence-corrected chi connectivity index (χ1v) is 11.8. The number of fused-ring (bicyclic) bond motifs is 1. The summed E-state index contributed by atoms with van der Waals surface area (Å²) in [6.45, 7) is 6.72. The zero-order valence-electron chi connectivity index (χ0n) is 20.9. The smallest absolute Gasteiger partial charge is 0.272 e. The van der Waals surface area contributed by atoms with E-state index in [1.807, 2.05) is 45.0 Å². The predicted octanol–water partition coefficient (Wildman–Crippen LogP) is 3.33. The highest BCUT2D eigenvalue weighted by atomic mass is 16.5. The number of rotatable bonds is 7. The fraction of sp³-hybridized carbons (Fsp3) is 0.333. The normalized spacial score (nSPS) is 17.8. The van der Waals surface area contributed by atoms with Crippen LogP contribution in [-0.4, -0.2) is 66.9 Å². The molecule has 2 amide bonds. The van der Waals surface area contributed by atoms with Crippen LogP contribution in [0.4, 0.5) is 0 Å². The molecule has 9 heteroatoms. The van der Waals surface area contributed by atoms with Crippen LogP contribution in [0.1, 0.15) is 35.5 Å². The van der Waals surface area contributed by atoms with Gasteiger partial charge in [-0.3, -0.25) is 14.6 Å². The Morgan fingerprint density at radius 1 is 1.14 bits per heavy atom. The van der Waals surface area contributed by atoms with Gasteiger partial charge in [0.05, 0.1) is 36.6 Å². The van der Waals surface area contributed by atoms with Gasteiger partial charge in [0.2, 0.25) is 0 Å². The number of nitrogens with zero attached hydrogens (tertiary/aromatic N) is 3. The molecule has 2 aromatic carbocycles. The Morgan fingerprint density at radius 2 is 1.89 bits per heavy atom. The Bertz CT molecular complexity index is 1280. The maximum Gasteiger partial charge on any atom is 0.272 e. The van der Waals surface area contributed by atoms with Crippen LogP contribution in [0.25, 0.3) is 10.9 Å². The Labute approximate surface area is 210 Å². The first kappa shape index (κ1) is 25.1. The molecule has 2 unspecified atom stereocenters. The Hall–Kier alpha value is -3.98. The number of benzene rings is 2. The average molecular weight is 491 g/mol. The number of carbonyl (C=O) groups excluding carboxylic acids is 2. The fourth-order valence-corrected chi connectivity index (χ4v) is 4.22. The molecular weight excluding hydrogens is 460 g/mol. The van der Waals surface area contributed by atoms with E-state index in [1.54, 1.807) is 29.2 Å². The number of aryl methyl sites for hydroxylation is 1. The van der Waals surface area contributed by atoms with Crippen molar-refractivity contribution in [1.82, 2.24) is 15.3 Å². The second-order valence-electron chi connectivity index (χ2n) is 8.78. The second kappa shape index (κ2) is 11.2. The largest absolute Gasteiger partial charge is 0.493 e. The molecule has 0 radical (unpaired) electrons. The van der Waals surface area contributed by atoms with Gasteiger partial charge in [-0.25, -0.2) is 5.43 Å². The number of hydrazone groups is 1. The predicted molar refractivity (Wildman–Crippen MR) is 137 cm³/mol. The minimum atomic E-state index is -0.329. The van der Waals surface area contributed by atoms with Crippen molar-refractivity contribution in [3.8, 4) is 11.5 Å². The van der Waals surface area contributed by atoms with Crippen LogP contribution in [0.2, 0.25) is 0 Å². The van der Waals surface area contributed by atoms with Crippen LogP contribution in [0.3, 0.4) is 0 Å². The third-order valence-electron chi connectivity index (χ3n) is 5.78. The summed E-state index contributed by atoms with van der Waals surface area (Å²) < 4.78 is 16.9. The molecule has 2 atom stereocenters. The van der Waals surface area contributed by atoms with E-state index in [-0.39, 0.29) is 30.6 Å². The van der Waals surface area contributed by atoms with Crippen LogP contribution in [0.15, 0.2) is 53.6 Å². The van der Waals surface area contributed by atoms with Gasteiger partial charge in [0.1, 0.15) is 0 Å². The van der Waals surface area contributed by atoms with Crippen LogP contribution in [-0.2, 0) is 9.53 Å². The summed E-state index contributed by atoms with van der Waals surface area (Å²) in [6.07, 6.45) is 1.50. The lowest BCUT2D eigenvalue weighted by Crippen LogP contribution is -2.49. The molecule has 9 nitrogen and oxygen atoms in total. The van der Waals surface area contributed by atoms with Crippen molar-refractivity contribution in [2.75, 3.05) is 26.8 Å². The minimum Gasteiger partial charge on any atom is -0.493 e. The second-order valence-corrected chi connectivity index (χ2v) is 8.78. The van der Waals surface area contributed by atoms with Gasteiger partial charge in [0.15, 0.2) is 18.1 Å². The number of hydrogen-bond acceptors (Lipinski definition) is 7. The van der Waals surface area contributed by atoms with E-state index in [0.717, 1.165) is 16.6 Å². The molecule has 0 aliphatic carbocycles. The van der Waals surface area contributed by atoms with Crippen LogP contribution < -0.4 is 14.9 Å². The van der Waals surface area contributed by atoms with E-state index >= 15 is 0 Å². The van der Waals surface area contributed by atoms with Crippen molar-refractivity contribution in [1.29, 1.82) is 0 Å². The summed E-state index contributed by atoms with van der Waals surface area (Å²) in [5, 5.41) is 4.85. The number of methoxy groups -OCH3 is 1. The highest BCUT2D eigenvalue weighted by Crippen LogP contribution is 2.28. The van der Waals surface area contributed by atoms with Crippen LogP contribution in [0, 0.1) is 6.92 Å². The Morgan fingerprint density at radius 3 is 2.64 bits per heavy atom. The minimum absolute atomic E-state index is 0.00685. The SMILES string of the molecule is COc1cc(C=NNC(=O)c2cc(C)nc3ccccc23)ccc1OCC(=O)N1CC(C)OC(C)C1. The number of hydrogen-bond donors (Lipinski definition) is 1. The summed E-state index contributed by atoms with van der Waals surface area (Å²) in [5.74, 6) is 0.467. The van der Waals surface area contributed by atoms with E-state index in [1.165, 1.54) is 13.3 Å². The molecule has 1 N–H and O–H groups in total. The van der Waals surface area contributed by atoms with Crippen molar-refractivity contribution in [3.63, 3.8) is 0 Å². The van der Waals surface area contributed by atoms with Gasteiger partial charge in [-0.05, 0) is 56.7 Å². The summed E-state index contributed by atoms with van der Waals surface area (Å²) in [7, 11) is 1.52. The quantitative estimate of drug-likeness (QED) is 0.403. The van der Waals surface area contributed by atoms with Crippen LogP contribution in [0.5, 0.6) is 11.5 Å². The van der Waals surface area contributed by atoms with E-state index in [9.17, 15) is 9.59 Å². The standard InChI is InChI=1S/C27H30N4O5/c1-17-11-22(21-7-5-6-8-23(21)29-17)27(33)30-28-13-20-9-10-24(25(12-20)34-4)35-16-26(32)31-14-18(2)36-19(3)15-31/h5-13,18-19H,14-16H2,1-4H3,(H,30,33). The van der Waals surface area contributed by atoms with Gasteiger partial charge in [-0.1, -0.05) is 18.2 Å². The first-order valence-electron chi connectivity index (χ1n) is 11.8. The number of pyridine rings is 1. The third kappa shape index (κ3) is 5.98. The lowest BCUT2D eigenvalue weighted by atomic mass is 10.1. The maximum atomic E-state index is 12.8. The fourth-order valence-electron chi connectivity index (χ4n) is 4.22. The summed E-state index contributed by atoms with van der Waals surface area (Å²) in [6, 6.07) is 14.4. The summed E-state index contributed by atoms with van der Waals surface area (Å²) >= 11 is 0. The molecule has 1 saturated heterocycles. The van der Waals surface area contributed by atoms with Gasteiger partial charge < -0.3 is 19.1 Å². The number of amides is 2. The molecule has 0 spiro atoms. The monoisotopic (exact) mass is 490 g/mol. The average Bonchev–Trinajstić information content (AvgIpc) is 2.86. The van der Waals surface area contributed by atoms with Crippen molar-refractivity contribution >= 4 is 28.9 Å². The molecule has 188 valence electrons. The van der Waals surface area contributed by atoms with Crippen molar-refractivity contribution < 1.29 is 23.8 Å². The van der Waals surface area contributed by atoms with Crippen molar-refractivity contribution in [2.45, 2.75) is 33.0 Å². The molecule has 3 aromatic rings. The molecule has 2 heterocycles. The molecule has 1 fully saturated rings. The highest BCUT2D eigenvalue weighted by molar-refractivity contribution is 6.06. The summed E-state index contributed by atoms with van der Waals surface area (Å²) in [4.78, 5) is 31.6. The molecule has 1 aliphatic heterocycles. The number of para-hydroxylation sites is 1. The van der Waals surface area contributed by atoms with E-state index < -0.39 is 0 Å². The highest BCUT2D eigenvalue weighted by Gasteiger charge is 2.26. The first-order chi connectivity index (χ1) is 17.3. The molecule has 1 aliphatic rings. The zero-order valence-corrected chi connectivity index (χ0v) is 20.9. The summed E-state index contributed by atoms with van der Waals surface area (Å²) in [5.41, 5.74) is 5.27. The van der Waals surface area contributed by atoms with Crippen molar-refractivity contribution in [2.24, 2.45) is 5.10 Å². The van der Waals surface area contributed by atoms with Gasteiger partial charge in [-0.15, -0.1) is 0 Å². The lowest BCUT2D eigenvalue weighted by molar-refractivity contribution is -0.145. The number of carbonyl (C=O) groups is 2. The molecule has 4 rings (SSSR count). The lowest BCUT2D eigenvalue weighted by Gasteiger charge is -2.35. The van der Waals surface area contributed by atoms with E-state index in [4.69, 9.17) is 14.2 Å². The van der Waals surface area contributed by atoms with Crippen LogP contribution >= 0.6 is 0 Å². The molecule has 1 aromatic heterocycles. The van der Waals surface area contributed by atoms with Gasteiger partial charge in [0.25, 0.3) is 11.8 Å². The molecule has 0 saturated carbocycles. The van der Waals surface area contributed by atoms with E-state index in [0.29, 0.717) is 35.7 Å². The third-order valence-corrected chi connectivity index (χ3v) is 5.78. The molecule has 0 bridgehead atoms. The maximum absolute atomic E-state index is 12.8. The Kier molecular flexibility index (Phi) is 7.80.